The van der Waals surface area contributed by atoms with Gasteiger partial charge < -0.3 is 24.0 Å². The number of methoxy groups -OCH3 is 1. The Morgan fingerprint density at radius 1 is 1.14 bits per heavy atom. The van der Waals surface area contributed by atoms with Crippen molar-refractivity contribution in [1.29, 1.82) is 0 Å². The minimum atomic E-state index is -0.432. The standard InChI is InChI=1S/C26H30Cl2N4O4/c1-18-29-23(26(34)35-2)16-31(18)11-9-30-10-12-32(25(17-30)19-3-5-20(27)6-4-19)24-8-7-21(15-22(24)28)36-14-13-33/h3-8,15-16,25,33H,9-14,17H2,1-2H3. The minimum Gasteiger partial charge on any atom is -0.491 e. The van der Waals surface area contributed by atoms with Crippen LogP contribution in [0.25, 0.3) is 0 Å². The Morgan fingerprint density at radius 3 is 2.61 bits per heavy atom. The molecule has 10 heteroatoms. The van der Waals surface area contributed by atoms with Gasteiger partial charge in [-0.3, -0.25) is 4.90 Å². The number of hydrogen-bond donors (Lipinski definition) is 1. The number of benzene rings is 2. The van der Waals surface area contributed by atoms with E-state index in [1.807, 2.05) is 35.8 Å². The molecule has 2 aromatic carbocycles. The van der Waals surface area contributed by atoms with Crippen molar-refractivity contribution >= 4 is 34.9 Å². The van der Waals surface area contributed by atoms with Gasteiger partial charge in [0.25, 0.3) is 0 Å². The molecule has 0 saturated carbocycles. The van der Waals surface area contributed by atoms with Crippen LogP contribution in [0.5, 0.6) is 5.75 Å². The maximum Gasteiger partial charge on any atom is 0.358 e. The molecule has 0 spiro atoms. The summed E-state index contributed by atoms with van der Waals surface area (Å²) in [6.07, 6.45) is 1.74. The Kier molecular flexibility index (Phi) is 8.74. The second kappa shape index (κ2) is 12.0. The Balaban J connectivity index is 1.52. The molecule has 4 rings (SSSR count). The molecule has 3 aromatic rings. The van der Waals surface area contributed by atoms with E-state index >= 15 is 0 Å². The topological polar surface area (TPSA) is 80.1 Å². The number of carbonyl (C=O) groups excluding carboxylic acids is 1. The highest BCUT2D eigenvalue weighted by atomic mass is 35.5. The maximum absolute atomic E-state index is 11.8. The van der Waals surface area contributed by atoms with Gasteiger partial charge in [0.15, 0.2) is 5.69 Å². The predicted octanol–water partition coefficient (Wildman–Crippen LogP) is 4.22. The first-order chi connectivity index (χ1) is 17.4. The summed E-state index contributed by atoms with van der Waals surface area (Å²) in [5.74, 6) is 0.970. The van der Waals surface area contributed by atoms with Crippen LogP contribution in [0, 0.1) is 6.92 Å². The molecule has 1 fully saturated rings. The van der Waals surface area contributed by atoms with Gasteiger partial charge in [-0.15, -0.1) is 0 Å². The molecule has 1 atom stereocenters. The highest BCUT2D eigenvalue weighted by molar-refractivity contribution is 6.33. The molecule has 8 nitrogen and oxygen atoms in total. The van der Waals surface area contributed by atoms with Crippen molar-refractivity contribution in [3.8, 4) is 5.75 Å². The minimum absolute atomic E-state index is 0.0530. The number of ether oxygens (including phenoxy) is 2. The molecular formula is C26H30Cl2N4O4. The van der Waals surface area contributed by atoms with Gasteiger partial charge in [-0.05, 0) is 36.8 Å². The summed E-state index contributed by atoms with van der Waals surface area (Å²) in [7, 11) is 1.36. The van der Waals surface area contributed by atoms with E-state index in [1.54, 1.807) is 12.3 Å². The number of aromatic nitrogens is 2. The zero-order valence-electron chi connectivity index (χ0n) is 20.4. The summed E-state index contributed by atoms with van der Waals surface area (Å²) < 4.78 is 12.3. The van der Waals surface area contributed by atoms with Gasteiger partial charge in [0.05, 0.1) is 30.5 Å². The first kappa shape index (κ1) is 26.3. The summed E-state index contributed by atoms with van der Waals surface area (Å²) in [5, 5.41) is 10.3. The van der Waals surface area contributed by atoms with Crippen molar-refractivity contribution in [1.82, 2.24) is 14.5 Å². The molecule has 36 heavy (non-hydrogen) atoms. The molecule has 0 aliphatic carbocycles. The quantitative estimate of drug-likeness (QED) is 0.413. The van der Waals surface area contributed by atoms with Gasteiger partial charge in [0, 0.05) is 50.0 Å². The van der Waals surface area contributed by atoms with E-state index in [4.69, 9.17) is 37.8 Å². The van der Waals surface area contributed by atoms with E-state index in [9.17, 15) is 4.79 Å². The van der Waals surface area contributed by atoms with Gasteiger partial charge >= 0.3 is 5.97 Å². The van der Waals surface area contributed by atoms with Crippen LogP contribution < -0.4 is 9.64 Å². The van der Waals surface area contributed by atoms with E-state index < -0.39 is 5.97 Å². The van der Waals surface area contributed by atoms with Gasteiger partial charge in [0.2, 0.25) is 0 Å². The lowest BCUT2D eigenvalue weighted by Gasteiger charge is -2.43. The van der Waals surface area contributed by atoms with E-state index in [-0.39, 0.29) is 19.3 Å². The molecule has 192 valence electrons. The van der Waals surface area contributed by atoms with Crippen LogP contribution in [0.1, 0.15) is 27.9 Å². The second-order valence-corrected chi connectivity index (χ2v) is 9.45. The number of aliphatic hydroxyl groups excluding tert-OH is 1. The van der Waals surface area contributed by atoms with E-state index in [1.165, 1.54) is 7.11 Å². The third kappa shape index (κ3) is 6.13. The smallest absolute Gasteiger partial charge is 0.358 e. The van der Waals surface area contributed by atoms with Gasteiger partial charge in [-0.25, -0.2) is 9.78 Å². The molecule has 2 heterocycles. The lowest BCUT2D eigenvalue weighted by atomic mass is 10.0. The molecule has 1 N–H and O–H groups in total. The van der Waals surface area contributed by atoms with Crippen molar-refractivity contribution in [3.63, 3.8) is 0 Å². The zero-order valence-corrected chi connectivity index (χ0v) is 21.9. The third-order valence-corrected chi connectivity index (χ3v) is 6.89. The molecular weight excluding hydrogens is 503 g/mol. The van der Waals surface area contributed by atoms with Crippen LogP contribution in [-0.4, -0.2) is 72.0 Å². The van der Waals surface area contributed by atoms with Crippen molar-refractivity contribution in [2.45, 2.75) is 19.5 Å². The Hall–Kier alpha value is -2.78. The number of halogens is 2. The number of aryl methyl sites for hydroxylation is 1. The van der Waals surface area contributed by atoms with Crippen molar-refractivity contribution in [3.05, 3.63) is 75.8 Å². The van der Waals surface area contributed by atoms with Crippen LogP contribution in [0.15, 0.2) is 48.7 Å². The molecule has 0 amide bonds. The number of piperazine rings is 1. The lowest BCUT2D eigenvalue weighted by Crippen LogP contribution is -2.49. The summed E-state index contributed by atoms with van der Waals surface area (Å²) in [4.78, 5) is 20.9. The number of carbonyl (C=O) groups is 1. The molecule has 0 radical (unpaired) electrons. The highest BCUT2D eigenvalue weighted by Gasteiger charge is 2.30. The van der Waals surface area contributed by atoms with E-state index in [0.29, 0.717) is 28.0 Å². The first-order valence-corrected chi connectivity index (χ1v) is 12.5. The molecule has 1 saturated heterocycles. The first-order valence-electron chi connectivity index (χ1n) is 11.8. The van der Waals surface area contributed by atoms with Crippen LogP contribution in [0.4, 0.5) is 5.69 Å². The summed E-state index contributed by atoms with van der Waals surface area (Å²) in [6.45, 7) is 5.98. The Morgan fingerprint density at radius 2 is 1.92 bits per heavy atom. The fourth-order valence-electron chi connectivity index (χ4n) is 4.46. The van der Waals surface area contributed by atoms with Crippen LogP contribution in [-0.2, 0) is 11.3 Å². The number of anilines is 1. The number of aliphatic hydroxyl groups is 1. The molecule has 1 aliphatic rings. The zero-order chi connectivity index (χ0) is 25.7. The van der Waals surface area contributed by atoms with Crippen LogP contribution in [0.2, 0.25) is 10.0 Å². The summed E-state index contributed by atoms with van der Waals surface area (Å²) in [5.41, 5.74) is 2.40. The Bertz CT molecular complexity index is 1190. The summed E-state index contributed by atoms with van der Waals surface area (Å²) in [6, 6.07) is 13.6. The number of esters is 1. The largest absolute Gasteiger partial charge is 0.491 e. The highest BCUT2D eigenvalue weighted by Crippen LogP contribution is 2.37. The van der Waals surface area contributed by atoms with Gasteiger partial charge in [0.1, 0.15) is 18.2 Å². The molecule has 1 aromatic heterocycles. The fraction of sp³-hybridized carbons (Fsp3) is 0.385. The maximum atomic E-state index is 11.8. The van der Waals surface area contributed by atoms with Crippen LogP contribution >= 0.6 is 23.2 Å². The van der Waals surface area contributed by atoms with Crippen molar-refractivity contribution < 1.29 is 19.4 Å². The third-order valence-electron chi connectivity index (χ3n) is 6.34. The van der Waals surface area contributed by atoms with Gasteiger partial charge in [-0.1, -0.05) is 35.3 Å². The number of rotatable bonds is 9. The molecule has 1 unspecified atom stereocenters. The normalized spacial score (nSPS) is 16.2. The van der Waals surface area contributed by atoms with E-state index in [0.717, 1.165) is 43.3 Å². The number of nitrogens with zero attached hydrogens (tertiary/aromatic N) is 4. The average Bonchev–Trinajstić information content (AvgIpc) is 3.26. The molecule has 1 aliphatic heterocycles. The predicted molar refractivity (Wildman–Crippen MR) is 140 cm³/mol. The number of imidazole rings is 1. The Labute approximate surface area is 221 Å². The molecule has 0 bridgehead atoms. The van der Waals surface area contributed by atoms with Gasteiger partial charge in [-0.2, -0.15) is 0 Å². The average molecular weight is 533 g/mol. The number of hydrogen-bond acceptors (Lipinski definition) is 7. The fourth-order valence-corrected chi connectivity index (χ4v) is 4.87. The monoisotopic (exact) mass is 532 g/mol. The van der Waals surface area contributed by atoms with Crippen LogP contribution in [0.3, 0.4) is 0 Å². The SMILES string of the molecule is COC(=O)c1cn(CCN2CCN(c3ccc(OCCO)cc3Cl)C(c3ccc(Cl)cc3)C2)c(C)n1. The van der Waals surface area contributed by atoms with Crippen molar-refractivity contribution in [2.24, 2.45) is 0 Å². The second-order valence-electron chi connectivity index (χ2n) is 8.60. The van der Waals surface area contributed by atoms with Crippen molar-refractivity contribution in [2.75, 3.05) is 51.4 Å². The lowest BCUT2D eigenvalue weighted by molar-refractivity contribution is 0.0594. The summed E-state index contributed by atoms with van der Waals surface area (Å²) >= 11 is 12.9. The van der Waals surface area contributed by atoms with E-state index in [2.05, 4.69) is 26.9 Å².